The van der Waals surface area contributed by atoms with Crippen LogP contribution < -0.4 is 0 Å². The standard InChI is InChI=1S/C16H19NO3/c18-16(19)14-11-17(15-8-2-1-7-13(14)15)9-3-5-12-6-4-10-20-12/h1-2,7-8,11-12H,3-6,9-10H2,(H,18,19). The van der Waals surface area contributed by atoms with E-state index in [1.165, 1.54) is 6.42 Å². The first kappa shape index (κ1) is 13.2. The number of aromatic nitrogens is 1. The van der Waals surface area contributed by atoms with Crippen molar-refractivity contribution in [2.45, 2.75) is 38.3 Å². The Morgan fingerprint density at radius 3 is 3.00 bits per heavy atom. The molecule has 1 aromatic heterocycles. The third-order valence-corrected chi connectivity index (χ3v) is 3.97. The molecule has 2 heterocycles. The normalized spacial score (nSPS) is 18.7. The Hall–Kier alpha value is -1.81. The van der Waals surface area contributed by atoms with Crippen LogP contribution in [0.2, 0.25) is 0 Å². The summed E-state index contributed by atoms with van der Waals surface area (Å²) in [7, 11) is 0. The summed E-state index contributed by atoms with van der Waals surface area (Å²) in [5.41, 5.74) is 1.38. The molecule has 1 unspecified atom stereocenters. The molecule has 0 aliphatic carbocycles. The van der Waals surface area contributed by atoms with Gasteiger partial charge in [0.1, 0.15) is 0 Å². The van der Waals surface area contributed by atoms with Crippen molar-refractivity contribution in [3.8, 4) is 0 Å². The molecule has 3 rings (SSSR count). The molecule has 0 saturated carbocycles. The monoisotopic (exact) mass is 273 g/mol. The molecule has 20 heavy (non-hydrogen) atoms. The molecule has 4 nitrogen and oxygen atoms in total. The van der Waals surface area contributed by atoms with Gasteiger partial charge >= 0.3 is 5.97 Å². The second-order valence-electron chi connectivity index (χ2n) is 5.34. The molecular formula is C16H19NO3. The molecule has 1 N–H and O–H groups in total. The second kappa shape index (κ2) is 5.67. The molecule has 1 saturated heterocycles. The van der Waals surface area contributed by atoms with Gasteiger partial charge in [0, 0.05) is 30.3 Å². The highest BCUT2D eigenvalue weighted by atomic mass is 16.5. The predicted molar refractivity (Wildman–Crippen MR) is 77.1 cm³/mol. The molecule has 1 aliphatic rings. The van der Waals surface area contributed by atoms with Crippen LogP contribution in [-0.2, 0) is 11.3 Å². The molecule has 0 spiro atoms. The second-order valence-corrected chi connectivity index (χ2v) is 5.34. The van der Waals surface area contributed by atoms with Gasteiger partial charge in [-0.3, -0.25) is 0 Å². The number of carboxylic acid groups (broad SMARTS) is 1. The molecule has 0 radical (unpaired) electrons. The van der Waals surface area contributed by atoms with Gasteiger partial charge in [-0.05, 0) is 31.7 Å². The van der Waals surface area contributed by atoms with E-state index < -0.39 is 5.97 Å². The average Bonchev–Trinajstić information content (AvgIpc) is 3.07. The van der Waals surface area contributed by atoms with Gasteiger partial charge < -0.3 is 14.4 Å². The summed E-state index contributed by atoms with van der Waals surface area (Å²) in [5, 5.41) is 10.1. The maximum atomic E-state index is 11.3. The van der Waals surface area contributed by atoms with Gasteiger partial charge in [-0.2, -0.15) is 0 Å². The van der Waals surface area contributed by atoms with Crippen molar-refractivity contribution in [3.05, 3.63) is 36.0 Å². The van der Waals surface area contributed by atoms with Crippen molar-refractivity contribution in [2.24, 2.45) is 0 Å². The minimum atomic E-state index is -0.862. The van der Waals surface area contributed by atoms with Crippen LogP contribution in [0.15, 0.2) is 30.5 Å². The fourth-order valence-corrected chi connectivity index (χ4v) is 2.96. The first-order valence-electron chi connectivity index (χ1n) is 7.18. The fraction of sp³-hybridized carbons (Fsp3) is 0.438. The number of fused-ring (bicyclic) bond motifs is 1. The van der Waals surface area contributed by atoms with E-state index in [9.17, 15) is 9.90 Å². The van der Waals surface area contributed by atoms with Gasteiger partial charge in [-0.25, -0.2) is 4.79 Å². The smallest absolute Gasteiger partial charge is 0.337 e. The molecule has 1 fully saturated rings. The topological polar surface area (TPSA) is 51.5 Å². The van der Waals surface area contributed by atoms with Crippen molar-refractivity contribution in [2.75, 3.05) is 6.61 Å². The van der Waals surface area contributed by atoms with Crippen molar-refractivity contribution in [1.82, 2.24) is 4.57 Å². The lowest BCUT2D eigenvalue weighted by molar-refractivity contribution is 0.0698. The van der Waals surface area contributed by atoms with Crippen LogP contribution in [0.5, 0.6) is 0 Å². The summed E-state index contributed by atoms with van der Waals surface area (Å²) in [5.74, 6) is -0.862. The van der Waals surface area contributed by atoms with Crippen LogP contribution >= 0.6 is 0 Å². The van der Waals surface area contributed by atoms with Crippen LogP contribution in [0.4, 0.5) is 0 Å². The van der Waals surface area contributed by atoms with Crippen LogP contribution in [0, 0.1) is 0 Å². The number of aryl methyl sites for hydroxylation is 1. The number of carbonyl (C=O) groups is 1. The molecule has 1 aromatic carbocycles. The van der Waals surface area contributed by atoms with Crippen molar-refractivity contribution < 1.29 is 14.6 Å². The van der Waals surface area contributed by atoms with Gasteiger partial charge in [-0.15, -0.1) is 0 Å². The number of para-hydroxylation sites is 1. The lowest BCUT2D eigenvalue weighted by Crippen LogP contribution is -2.06. The van der Waals surface area contributed by atoms with E-state index >= 15 is 0 Å². The Morgan fingerprint density at radius 2 is 2.25 bits per heavy atom. The number of aromatic carboxylic acids is 1. The number of ether oxygens (including phenoxy) is 1. The number of hydrogen-bond acceptors (Lipinski definition) is 2. The number of benzene rings is 1. The van der Waals surface area contributed by atoms with E-state index in [1.54, 1.807) is 6.20 Å². The molecule has 1 aliphatic heterocycles. The van der Waals surface area contributed by atoms with E-state index in [0.717, 1.165) is 43.3 Å². The Morgan fingerprint density at radius 1 is 1.40 bits per heavy atom. The average molecular weight is 273 g/mol. The Kier molecular flexibility index (Phi) is 3.74. The van der Waals surface area contributed by atoms with E-state index in [2.05, 4.69) is 0 Å². The molecule has 106 valence electrons. The minimum absolute atomic E-state index is 0.387. The number of carboxylic acids is 1. The van der Waals surface area contributed by atoms with E-state index in [-0.39, 0.29) is 0 Å². The molecule has 2 aromatic rings. The van der Waals surface area contributed by atoms with E-state index in [0.29, 0.717) is 11.7 Å². The van der Waals surface area contributed by atoms with Crippen LogP contribution in [0.3, 0.4) is 0 Å². The molecule has 0 amide bonds. The number of nitrogens with zero attached hydrogens (tertiary/aromatic N) is 1. The summed E-state index contributed by atoms with van der Waals surface area (Å²) < 4.78 is 7.67. The summed E-state index contributed by atoms with van der Waals surface area (Å²) in [6.45, 7) is 1.73. The molecule has 4 heteroatoms. The van der Waals surface area contributed by atoms with E-state index in [4.69, 9.17) is 4.74 Å². The highest BCUT2D eigenvalue weighted by molar-refractivity contribution is 6.03. The molecule has 1 atom stereocenters. The van der Waals surface area contributed by atoms with Crippen LogP contribution in [0.25, 0.3) is 10.9 Å². The third kappa shape index (κ3) is 2.56. The maximum Gasteiger partial charge on any atom is 0.337 e. The zero-order chi connectivity index (χ0) is 13.9. The summed E-state index contributed by atoms with van der Waals surface area (Å²) in [4.78, 5) is 11.3. The lowest BCUT2D eigenvalue weighted by Gasteiger charge is -2.10. The molecule has 0 bridgehead atoms. The Balaban J connectivity index is 1.75. The van der Waals surface area contributed by atoms with Crippen LogP contribution in [-0.4, -0.2) is 28.4 Å². The Bertz CT molecular complexity index is 611. The number of hydrogen-bond donors (Lipinski definition) is 1. The van der Waals surface area contributed by atoms with Gasteiger partial charge in [0.2, 0.25) is 0 Å². The highest BCUT2D eigenvalue weighted by Gasteiger charge is 2.16. The molecular weight excluding hydrogens is 254 g/mol. The van der Waals surface area contributed by atoms with Crippen molar-refractivity contribution in [3.63, 3.8) is 0 Å². The maximum absolute atomic E-state index is 11.3. The fourth-order valence-electron chi connectivity index (χ4n) is 2.96. The lowest BCUT2D eigenvalue weighted by atomic mass is 10.1. The third-order valence-electron chi connectivity index (χ3n) is 3.97. The van der Waals surface area contributed by atoms with Gasteiger partial charge in [0.15, 0.2) is 0 Å². The first-order valence-corrected chi connectivity index (χ1v) is 7.18. The van der Waals surface area contributed by atoms with Gasteiger partial charge in [0.25, 0.3) is 0 Å². The highest BCUT2D eigenvalue weighted by Crippen LogP contribution is 2.23. The summed E-state index contributed by atoms with van der Waals surface area (Å²) in [6, 6.07) is 7.68. The quantitative estimate of drug-likeness (QED) is 0.909. The Labute approximate surface area is 118 Å². The SMILES string of the molecule is O=C(O)c1cn(CCCC2CCCO2)c2ccccc12. The van der Waals surface area contributed by atoms with Crippen molar-refractivity contribution in [1.29, 1.82) is 0 Å². The zero-order valence-electron chi connectivity index (χ0n) is 11.4. The van der Waals surface area contributed by atoms with Crippen LogP contribution in [0.1, 0.15) is 36.0 Å². The predicted octanol–water partition coefficient (Wildman–Crippen LogP) is 3.30. The first-order chi connectivity index (χ1) is 9.75. The van der Waals surface area contributed by atoms with E-state index in [1.807, 2.05) is 28.8 Å². The number of rotatable bonds is 5. The summed E-state index contributed by atoms with van der Waals surface area (Å²) in [6.07, 6.45) is 6.54. The minimum Gasteiger partial charge on any atom is -0.478 e. The van der Waals surface area contributed by atoms with Gasteiger partial charge in [0.05, 0.1) is 11.7 Å². The van der Waals surface area contributed by atoms with Crippen molar-refractivity contribution >= 4 is 16.9 Å². The zero-order valence-corrected chi connectivity index (χ0v) is 11.4. The van der Waals surface area contributed by atoms with Gasteiger partial charge in [-0.1, -0.05) is 18.2 Å². The summed E-state index contributed by atoms with van der Waals surface area (Å²) >= 11 is 0. The largest absolute Gasteiger partial charge is 0.478 e.